The molecule has 1 fully saturated rings. The Balaban J connectivity index is 2.44. The highest BCUT2D eigenvalue weighted by molar-refractivity contribution is 5.70. The molecule has 0 saturated carbocycles. The molecule has 3 atom stereocenters. The highest BCUT2D eigenvalue weighted by Gasteiger charge is 2.28. The van der Waals surface area contributed by atoms with Gasteiger partial charge in [0, 0.05) is 19.1 Å². The number of aliphatic hydroxyl groups is 1. The number of hydrogen-bond donors (Lipinski definition) is 1. The van der Waals surface area contributed by atoms with Crippen molar-refractivity contribution in [1.82, 2.24) is 4.90 Å². The molecule has 5 nitrogen and oxygen atoms in total. The van der Waals surface area contributed by atoms with Crippen molar-refractivity contribution in [2.45, 2.75) is 45.4 Å². The third-order valence-electron chi connectivity index (χ3n) is 2.95. The Hall–Kier alpha value is -0.650. The molecule has 0 aliphatic carbocycles. The number of rotatable bonds is 5. The first-order chi connectivity index (χ1) is 8.06. The molecule has 3 unspecified atom stereocenters. The monoisotopic (exact) mass is 245 g/mol. The van der Waals surface area contributed by atoms with Crippen LogP contribution in [0.25, 0.3) is 0 Å². The lowest BCUT2D eigenvalue weighted by Gasteiger charge is -2.39. The molecule has 1 rings (SSSR count). The number of carbonyl (C=O) groups excluding carboxylic acids is 1. The first-order valence-corrected chi connectivity index (χ1v) is 6.22. The van der Waals surface area contributed by atoms with E-state index in [2.05, 4.69) is 4.90 Å². The van der Waals surface area contributed by atoms with Crippen molar-refractivity contribution in [3.05, 3.63) is 0 Å². The zero-order valence-corrected chi connectivity index (χ0v) is 10.9. The van der Waals surface area contributed by atoms with Crippen LogP contribution < -0.4 is 0 Å². The minimum Gasteiger partial charge on any atom is -0.466 e. The van der Waals surface area contributed by atoms with Crippen LogP contribution in [0.3, 0.4) is 0 Å². The number of nitrogens with zero attached hydrogens (tertiary/aromatic N) is 1. The molecule has 1 aliphatic heterocycles. The van der Waals surface area contributed by atoms with Gasteiger partial charge in [0.15, 0.2) is 0 Å². The van der Waals surface area contributed by atoms with Gasteiger partial charge in [0.25, 0.3) is 0 Å². The Labute approximate surface area is 103 Å². The molecule has 0 aromatic carbocycles. The van der Waals surface area contributed by atoms with Crippen molar-refractivity contribution < 1.29 is 19.4 Å². The summed E-state index contributed by atoms with van der Waals surface area (Å²) < 4.78 is 10.5. The number of carbonyl (C=O) groups is 1. The summed E-state index contributed by atoms with van der Waals surface area (Å²) in [5.74, 6) is -0.167. The van der Waals surface area contributed by atoms with Crippen LogP contribution in [-0.4, -0.2) is 60.5 Å². The molecule has 1 N–H and O–H groups in total. The van der Waals surface area contributed by atoms with E-state index >= 15 is 0 Å². The van der Waals surface area contributed by atoms with Gasteiger partial charge in [-0.25, -0.2) is 0 Å². The van der Waals surface area contributed by atoms with E-state index in [0.29, 0.717) is 19.6 Å². The maximum atomic E-state index is 11.4. The fourth-order valence-electron chi connectivity index (χ4n) is 2.13. The van der Waals surface area contributed by atoms with Gasteiger partial charge in [-0.2, -0.15) is 0 Å². The van der Waals surface area contributed by atoms with Crippen LogP contribution >= 0.6 is 0 Å². The predicted octanol–water partition coefficient (Wildman–Crippen LogP) is 0.410. The Bertz CT molecular complexity index is 247. The fourth-order valence-corrected chi connectivity index (χ4v) is 2.13. The summed E-state index contributed by atoms with van der Waals surface area (Å²) in [4.78, 5) is 13.6. The smallest absolute Gasteiger partial charge is 0.307 e. The second-order valence-electron chi connectivity index (χ2n) is 4.56. The second-order valence-corrected chi connectivity index (χ2v) is 4.56. The topological polar surface area (TPSA) is 59.0 Å². The average Bonchev–Trinajstić information content (AvgIpc) is 2.28. The predicted molar refractivity (Wildman–Crippen MR) is 63.7 cm³/mol. The Kier molecular flexibility index (Phi) is 5.88. The molecule has 17 heavy (non-hydrogen) atoms. The van der Waals surface area contributed by atoms with Crippen LogP contribution in [0.2, 0.25) is 0 Å². The maximum Gasteiger partial charge on any atom is 0.307 e. The maximum absolute atomic E-state index is 11.4. The third-order valence-corrected chi connectivity index (χ3v) is 2.95. The van der Waals surface area contributed by atoms with E-state index in [1.165, 1.54) is 0 Å². The molecular formula is C12H23NO4. The lowest BCUT2D eigenvalue weighted by Crippen LogP contribution is -2.51. The average molecular weight is 245 g/mol. The van der Waals surface area contributed by atoms with E-state index in [1.54, 1.807) is 6.92 Å². The molecule has 0 aromatic rings. The third kappa shape index (κ3) is 4.61. The lowest BCUT2D eigenvalue weighted by molar-refractivity contribution is -0.146. The van der Waals surface area contributed by atoms with Crippen LogP contribution in [0.1, 0.15) is 27.2 Å². The quantitative estimate of drug-likeness (QED) is 0.711. The second kappa shape index (κ2) is 6.93. The molecule has 0 radical (unpaired) electrons. The zero-order chi connectivity index (χ0) is 12.8. The molecule has 0 bridgehead atoms. The first-order valence-electron chi connectivity index (χ1n) is 6.22. The van der Waals surface area contributed by atoms with E-state index in [0.717, 1.165) is 6.54 Å². The van der Waals surface area contributed by atoms with E-state index in [-0.39, 0.29) is 30.8 Å². The molecule has 1 saturated heterocycles. The number of hydrogen-bond acceptors (Lipinski definition) is 5. The van der Waals surface area contributed by atoms with Crippen molar-refractivity contribution >= 4 is 5.97 Å². The van der Waals surface area contributed by atoms with Crippen molar-refractivity contribution in [2.24, 2.45) is 0 Å². The van der Waals surface area contributed by atoms with Crippen molar-refractivity contribution in [3.8, 4) is 0 Å². The van der Waals surface area contributed by atoms with Crippen LogP contribution in [-0.2, 0) is 14.3 Å². The van der Waals surface area contributed by atoms with Gasteiger partial charge in [0.05, 0.1) is 31.8 Å². The molecule has 0 spiro atoms. The van der Waals surface area contributed by atoms with Gasteiger partial charge in [-0.3, -0.25) is 9.69 Å². The SMILES string of the molecule is CCOC(=O)CC(C)N1CC(C)OC(CO)C1. The van der Waals surface area contributed by atoms with Crippen LogP contribution in [0.5, 0.6) is 0 Å². The molecule has 1 heterocycles. The highest BCUT2D eigenvalue weighted by atomic mass is 16.5. The summed E-state index contributed by atoms with van der Waals surface area (Å²) in [5, 5.41) is 9.13. The Morgan fingerprint density at radius 2 is 2.29 bits per heavy atom. The Morgan fingerprint density at radius 1 is 1.59 bits per heavy atom. The van der Waals surface area contributed by atoms with Gasteiger partial charge in [-0.15, -0.1) is 0 Å². The number of aliphatic hydroxyl groups excluding tert-OH is 1. The number of esters is 1. The van der Waals surface area contributed by atoms with Crippen molar-refractivity contribution in [1.29, 1.82) is 0 Å². The van der Waals surface area contributed by atoms with Gasteiger partial charge in [-0.05, 0) is 20.8 Å². The summed E-state index contributed by atoms with van der Waals surface area (Å²) in [7, 11) is 0. The summed E-state index contributed by atoms with van der Waals surface area (Å²) >= 11 is 0. The van der Waals surface area contributed by atoms with E-state index < -0.39 is 0 Å². The van der Waals surface area contributed by atoms with Crippen LogP contribution in [0.15, 0.2) is 0 Å². The van der Waals surface area contributed by atoms with Crippen LogP contribution in [0.4, 0.5) is 0 Å². The van der Waals surface area contributed by atoms with Gasteiger partial charge in [-0.1, -0.05) is 0 Å². The Morgan fingerprint density at radius 3 is 2.88 bits per heavy atom. The summed E-state index contributed by atoms with van der Waals surface area (Å²) in [6, 6.07) is 0.120. The molecule has 100 valence electrons. The van der Waals surface area contributed by atoms with E-state index in [4.69, 9.17) is 14.6 Å². The van der Waals surface area contributed by atoms with Crippen LogP contribution in [0, 0.1) is 0 Å². The van der Waals surface area contributed by atoms with E-state index in [9.17, 15) is 4.79 Å². The normalized spacial score (nSPS) is 27.8. The standard InChI is InChI=1S/C12H23NO4/c1-4-16-12(15)5-9(2)13-6-10(3)17-11(7-13)8-14/h9-11,14H,4-8H2,1-3H3. The molecule has 0 amide bonds. The summed E-state index contributed by atoms with van der Waals surface area (Å²) in [5.41, 5.74) is 0. The van der Waals surface area contributed by atoms with Gasteiger partial charge < -0.3 is 14.6 Å². The zero-order valence-electron chi connectivity index (χ0n) is 10.9. The summed E-state index contributed by atoms with van der Waals surface area (Å²) in [6.07, 6.45) is 0.326. The fraction of sp³-hybridized carbons (Fsp3) is 0.917. The van der Waals surface area contributed by atoms with Crippen molar-refractivity contribution in [2.75, 3.05) is 26.3 Å². The minimum atomic E-state index is -0.167. The van der Waals surface area contributed by atoms with Gasteiger partial charge in [0.2, 0.25) is 0 Å². The first kappa shape index (κ1) is 14.4. The summed E-state index contributed by atoms with van der Waals surface area (Å²) in [6.45, 7) is 7.69. The number of ether oxygens (including phenoxy) is 2. The molecule has 5 heteroatoms. The number of morpholine rings is 1. The molecule has 0 aromatic heterocycles. The molecular weight excluding hydrogens is 222 g/mol. The van der Waals surface area contributed by atoms with Gasteiger partial charge in [0.1, 0.15) is 0 Å². The van der Waals surface area contributed by atoms with Crippen molar-refractivity contribution in [3.63, 3.8) is 0 Å². The minimum absolute atomic E-state index is 0.0208. The van der Waals surface area contributed by atoms with Gasteiger partial charge >= 0.3 is 5.97 Å². The molecule has 1 aliphatic rings. The largest absolute Gasteiger partial charge is 0.466 e. The van der Waals surface area contributed by atoms with E-state index in [1.807, 2.05) is 13.8 Å². The highest BCUT2D eigenvalue weighted by Crippen LogP contribution is 2.15. The lowest BCUT2D eigenvalue weighted by atomic mass is 10.1.